The third-order valence-electron chi connectivity index (χ3n) is 4.23. The third kappa shape index (κ3) is 7.77. The van der Waals surface area contributed by atoms with E-state index in [2.05, 4.69) is 21.2 Å². The van der Waals surface area contributed by atoms with E-state index in [0.717, 1.165) is 25.7 Å². The van der Waals surface area contributed by atoms with Crippen LogP contribution in [0.2, 0.25) is 0 Å². The topological polar surface area (TPSA) is 109 Å². The van der Waals surface area contributed by atoms with Gasteiger partial charge in [-0.25, -0.2) is 5.43 Å². The Bertz CT molecular complexity index is 695. The molecule has 0 bridgehead atoms. The number of hydrogen-bond acceptors (Lipinski definition) is 5. The van der Waals surface area contributed by atoms with Gasteiger partial charge in [0, 0.05) is 12.1 Å². The Morgan fingerprint density at radius 1 is 1.11 bits per heavy atom. The second-order valence-electron chi connectivity index (χ2n) is 7.09. The molecule has 1 aliphatic carbocycles. The molecule has 1 fully saturated rings. The third-order valence-corrected chi connectivity index (χ3v) is 4.23. The highest BCUT2D eigenvalue weighted by molar-refractivity contribution is 6.35. The van der Waals surface area contributed by atoms with Gasteiger partial charge < -0.3 is 15.4 Å². The molecular formula is C20H28N4O4. The molecular weight excluding hydrogens is 360 g/mol. The second-order valence-corrected chi connectivity index (χ2v) is 7.09. The summed E-state index contributed by atoms with van der Waals surface area (Å²) >= 11 is 0. The van der Waals surface area contributed by atoms with Crippen molar-refractivity contribution >= 4 is 23.9 Å². The zero-order valence-corrected chi connectivity index (χ0v) is 16.4. The number of benzene rings is 1. The molecule has 3 amide bonds. The lowest BCUT2D eigenvalue weighted by Crippen LogP contribution is -2.41. The van der Waals surface area contributed by atoms with Gasteiger partial charge in [0.15, 0.2) is 6.61 Å². The standard InChI is InChI=1S/C20H28N4O4/c1-14(2)22-19(26)20(27)24-21-12-15-8-10-17(11-9-15)28-13-18(25)23-16-6-4-3-5-7-16/h8-12,14,16H,3-7,13H2,1-2H3,(H,22,26)(H,23,25)(H,24,27)/b21-12-. The minimum Gasteiger partial charge on any atom is -0.484 e. The lowest BCUT2D eigenvalue weighted by atomic mass is 9.95. The molecule has 1 aromatic carbocycles. The molecule has 0 atom stereocenters. The Labute approximate surface area is 165 Å². The number of carbonyl (C=O) groups excluding carboxylic acids is 3. The molecule has 1 aromatic rings. The van der Waals surface area contributed by atoms with Crippen LogP contribution < -0.4 is 20.8 Å². The largest absolute Gasteiger partial charge is 0.484 e. The van der Waals surface area contributed by atoms with Gasteiger partial charge in [0.2, 0.25) is 0 Å². The van der Waals surface area contributed by atoms with Crippen molar-refractivity contribution in [2.45, 2.75) is 58.0 Å². The predicted octanol–water partition coefficient (Wildman–Crippen LogP) is 1.49. The summed E-state index contributed by atoms with van der Waals surface area (Å²) in [4.78, 5) is 34.9. The average Bonchev–Trinajstić information content (AvgIpc) is 2.67. The van der Waals surface area contributed by atoms with Gasteiger partial charge in [0.25, 0.3) is 5.91 Å². The Hall–Kier alpha value is -2.90. The fourth-order valence-electron chi connectivity index (χ4n) is 2.86. The first-order valence-electron chi connectivity index (χ1n) is 9.60. The molecule has 0 aromatic heterocycles. The van der Waals surface area contributed by atoms with E-state index in [1.54, 1.807) is 38.1 Å². The van der Waals surface area contributed by atoms with Gasteiger partial charge >= 0.3 is 11.8 Å². The molecule has 8 nitrogen and oxygen atoms in total. The Kier molecular flexibility index (Phi) is 8.45. The summed E-state index contributed by atoms with van der Waals surface area (Å²) < 4.78 is 5.50. The first-order chi connectivity index (χ1) is 13.4. The van der Waals surface area contributed by atoms with E-state index in [4.69, 9.17) is 4.74 Å². The van der Waals surface area contributed by atoms with Crippen LogP contribution in [0.25, 0.3) is 0 Å². The highest BCUT2D eigenvalue weighted by atomic mass is 16.5. The number of ether oxygens (including phenoxy) is 1. The highest BCUT2D eigenvalue weighted by Crippen LogP contribution is 2.17. The van der Waals surface area contributed by atoms with Crippen LogP contribution in [0.1, 0.15) is 51.5 Å². The summed E-state index contributed by atoms with van der Waals surface area (Å²) in [6.45, 7) is 3.50. The highest BCUT2D eigenvalue weighted by Gasteiger charge is 2.16. The van der Waals surface area contributed by atoms with Crippen LogP contribution in [0.4, 0.5) is 0 Å². The molecule has 0 spiro atoms. The lowest BCUT2D eigenvalue weighted by Gasteiger charge is -2.22. The van der Waals surface area contributed by atoms with Crippen molar-refractivity contribution in [3.8, 4) is 5.75 Å². The first-order valence-corrected chi connectivity index (χ1v) is 9.60. The van der Waals surface area contributed by atoms with Crippen LogP contribution in [-0.4, -0.2) is 42.6 Å². The maximum absolute atomic E-state index is 11.9. The molecule has 0 aliphatic heterocycles. The maximum atomic E-state index is 11.9. The van der Waals surface area contributed by atoms with E-state index in [1.165, 1.54) is 12.6 Å². The molecule has 0 unspecified atom stereocenters. The number of hydrazone groups is 1. The van der Waals surface area contributed by atoms with E-state index >= 15 is 0 Å². The van der Waals surface area contributed by atoms with Crippen LogP contribution in [-0.2, 0) is 14.4 Å². The number of nitrogens with zero attached hydrogens (tertiary/aromatic N) is 1. The van der Waals surface area contributed by atoms with E-state index in [9.17, 15) is 14.4 Å². The van der Waals surface area contributed by atoms with E-state index in [1.807, 2.05) is 0 Å². The fourth-order valence-corrected chi connectivity index (χ4v) is 2.86. The first kappa shape index (κ1) is 21.4. The molecule has 2 rings (SSSR count). The van der Waals surface area contributed by atoms with E-state index in [-0.39, 0.29) is 24.6 Å². The number of amides is 3. The molecule has 0 saturated heterocycles. The van der Waals surface area contributed by atoms with Gasteiger partial charge in [-0.05, 0) is 56.5 Å². The minimum atomic E-state index is -0.825. The molecule has 152 valence electrons. The summed E-state index contributed by atoms with van der Waals surface area (Å²) in [7, 11) is 0. The van der Waals surface area contributed by atoms with Crippen molar-refractivity contribution in [3.05, 3.63) is 29.8 Å². The van der Waals surface area contributed by atoms with E-state index in [0.29, 0.717) is 11.3 Å². The Morgan fingerprint density at radius 3 is 2.43 bits per heavy atom. The van der Waals surface area contributed by atoms with Crippen LogP contribution in [0, 0.1) is 0 Å². The molecule has 8 heteroatoms. The van der Waals surface area contributed by atoms with Crippen LogP contribution in [0.3, 0.4) is 0 Å². The van der Waals surface area contributed by atoms with Crippen molar-refractivity contribution in [2.24, 2.45) is 5.10 Å². The van der Waals surface area contributed by atoms with Gasteiger partial charge in [-0.2, -0.15) is 5.10 Å². The summed E-state index contributed by atoms with van der Waals surface area (Å²) in [5.74, 6) is -1.10. The number of rotatable bonds is 7. The minimum absolute atomic E-state index is 0.0229. The normalized spacial score (nSPS) is 14.7. The summed E-state index contributed by atoms with van der Waals surface area (Å²) in [5.41, 5.74) is 2.88. The van der Waals surface area contributed by atoms with Crippen molar-refractivity contribution in [1.82, 2.24) is 16.1 Å². The average molecular weight is 388 g/mol. The molecule has 1 aliphatic rings. The number of hydrogen-bond donors (Lipinski definition) is 3. The van der Waals surface area contributed by atoms with Crippen molar-refractivity contribution in [2.75, 3.05) is 6.61 Å². The maximum Gasteiger partial charge on any atom is 0.329 e. The molecule has 0 radical (unpaired) electrons. The van der Waals surface area contributed by atoms with Crippen LogP contribution >= 0.6 is 0 Å². The predicted molar refractivity (Wildman–Crippen MR) is 106 cm³/mol. The zero-order valence-electron chi connectivity index (χ0n) is 16.4. The van der Waals surface area contributed by atoms with Gasteiger partial charge in [-0.15, -0.1) is 0 Å². The Morgan fingerprint density at radius 2 is 1.79 bits per heavy atom. The van der Waals surface area contributed by atoms with Gasteiger partial charge in [-0.3, -0.25) is 14.4 Å². The molecule has 28 heavy (non-hydrogen) atoms. The van der Waals surface area contributed by atoms with Crippen LogP contribution in [0.5, 0.6) is 5.75 Å². The van der Waals surface area contributed by atoms with Crippen molar-refractivity contribution in [3.63, 3.8) is 0 Å². The Balaban J connectivity index is 1.72. The SMILES string of the molecule is CC(C)NC(=O)C(=O)N/N=C\c1ccc(OCC(=O)NC2CCCCC2)cc1. The molecule has 3 N–H and O–H groups in total. The van der Waals surface area contributed by atoms with Crippen molar-refractivity contribution < 1.29 is 19.1 Å². The summed E-state index contributed by atoms with van der Waals surface area (Å²) in [5, 5.41) is 9.22. The smallest absolute Gasteiger partial charge is 0.329 e. The quantitative estimate of drug-likeness (QED) is 0.373. The second kappa shape index (κ2) is 11.1. The summed E-state index contributed by atoms with van der Waals surface area (Å²) in [6, 6.07) is 7.03. The number of nitrogens with one attached hydrogen (secondary N) is 3. The number of carbonyl (C=O) groups is 3. The van der Waals surface area contributed by atoms with Gasteiger partial charge in [-0.1, -0.05) is 19.3 Å². The van der Waals surface area contributed by atoms with Crippen molar-refractivity contribution in [1.29, 1.82) is 0 Å². The monoisotopic (exact) mass is 388 g/mol. The summed E-state index contributed by atoms with van der Waals surface area (Å²) in [6.07, 6.45) is 7.06. The molecule has 1 saturated carbocycles. The zero-order chi connectivity index (χ0) is 20.4. The lowest BCUT2D eigenvalue weighted by molar-refractivity contribution is -0.139. The van der Waals surface area contributed by atoms with Crippen LogP contribution in [0.15, 0.2) is 29.4 Å². The molecule has 0 heterocycles. The fraction of sp³-hybridized carbons (Fsp3) is 0.500. The van der Waals surface area contributed by atoms with E-state index < -0.39 is 11.8 Å². The van der Waals surface area contributed by atoms with Gasteiger partial charge in [0.1, 0.15) is 5.75 Å². The van der Waals surface area contributed by atoms with Gasteiger partial charge in [0.05, 0.1) is 6.21 Å².